The minimum absolute atomic E-state index is 0.0956. The monoisotopic (exact) mass is 441 g/mol. The van der Waals surface area contributed by atoms with E-state index in [1.165, 1.54) is 23.0 Å². The van der Waals surface area contributed by atoms with Crippen LogP contribution in [0.2, 0.25) is 0 Å². The van der Waals surface area contributed by atoms with Gasteiger partial charge in [0.1, 0.15) is 23.2 Å². The van der Waals surface area contributed by atoms with Crippen molar-refractivity contribution < 1.29 is 23.0 Å². The maximum absolute atomic E-state index is 13.1. The third-order valence-corrected chi connectivity index (χ3v) is 4.89. The Morgan fingerprint density at radius 3 is 3.09 bits per heavy atom. The molecule has 1 aliphatic rings. The van der Waals surface area contributed by atoms with Crippen LogP contribution in [-0.4, -0.2) is 50.0 Å². The largest absolute Gasteiger partial charge is 0.487 e. The zero-order chi connectivity index (χ0) is 22.2. The maximum atomic E-state index is 13.1. The number of aromatic amines is 1. The topological polar surface area (TPSA) is 118 Å². The van der Waals surface area contributed by atoms with Crippen molar-refractivity contribution in [3.05, 3.63) is 48.5 Å². The van der Waals surface area contributed by atoms with Crippen molar-refractivity contribution in [2.45, 2.75) is 19.6 Å². The average Bonchev–Trinajstić information content (AvgIpc) is 3.40. The first-order valence-corrected chi connectivity index (χ1v) is 9.66. The van der Waals surface area contributed by atoms with Crippen molar-refractivity contribution in [2.75, 3.05) is 17.2 Å². The van der Waals surface area contributed by atoms with Gasteiger partial charge in [-0.3, -0.25) is 9.89 Å². The number of H-pyrrole nitrogens is 1. The van der Waals surface area contributed by atoms with Crippen LogP contribution in [0.25, 0.3) is 16.9 Å². The summed E-state index contributed by atoms with van der Waals surface area (Å²) in [7, 11) is 0. The second-order valence-corrected chi connectivity index (χ2v) is 7.09. The van der Waals surface area contributed by atoms with Gasteiger partial charge in [0.25, 0.3) is 5.91 Å². The van der Waals surface area contributed by atoms with Gasteiger partial charge in [-0.1, -0.05) is 0 Å². The minimum Gasteiger partial charge on any atom is -0.487 e. The van der Waals surface area contributed by atoms with E-state index in [9.17, 15) is 13.6 Å². The quantitative estimate of drug-likeness (QED) is 0.435. The molecule has 0 aliphatic carbocycles. The third kappa shape index (κ3) is 3.55. The first kappa shape index (κ1) is 19.7. The van der Waals surface area contributed by atoms with Gasteiger partial charge in [0.05, 0.1) is 36.0 Å². The van der Waals surface area contributed by atoms with Crippen LogP contribution >= 0.6 is 0 Å². The number of benzene rings is 1. The molecule has 12 heteroatoms. The Hall–Kier alpha value is -4.22. The van der Waals surface area contributed by atoms with Crippen LogP contribution in [-0.2, 0) is 0 Å². The van der Waals surface area contributed by atoms with E-state index in [4.69, 9.17) is 9.47 Å². The fourth-order valence-corrected chi connectivity index (χ4v) is 3.46. The zero-order valence-electron chi connectivity index (χ0n) is 16.7. The minimum atomic E-state index is -3.04. The molecule has 32 heavy (non-hydrogen) atoms. The number of alkyl halides is 2. The van der Waals surface area contributed by atoms with E-state index in [2.05, 4.69) is 30.9 Å². The summed E-state index contributed by atoms with van der Waals surface area (Å²) in [5.74, 6) is -0.108. The van der Waals surface area contributed by atoms with E-state index in [1.54, 1.807) is 24.5 Å². The summed E-state index contributed by atoms with van der Waals surface area (Å²) in [5, 5.41) is 16.6. The number of fused-ring (bicyclic) bond motifs is 2. The van der Waals surface area contributed by atoms with E-state index in [0.717, 1.165) is 0 Å². The predicted molar refractivity (Wildman–Crippen MR) is 110 cm³/mol. The predicted octanol–water partition coefficient (Wildman–Crippen LogP) is 3.17. The lowest BCUT2D eigenvalue weighted by Gasteiger charge is -2.26. The van der Waals surface area contributed by atoms with E-state index in [1.807, 2.05) is 6.92 Å². The summed E-state index contributed by atoms with van der Waals surface area (Å²) in [5.41, 5.74) is 1.95. The van der Waals surface area contributed by atoms with Crippen LogP contribution in [0.15, 0.2) is 43.0 Å². The maximum Gasteiger partial charge on any atom is 0.387 e. The van der Waals surface area contributed by atoms with Gasteiger partial charge in [-0.2, -0.15) is 19.0 Å². The Labute approximate surface area is 179 Å². The van der Waals surface area contributed by atoms with Crippen molar-refractivity contribution in [1.29, 1.82) is 0 Å². The molecular formula is C20H17F2N7O3. The Morgan fingerprint density at radius 1 is 1.38 bits per heavy atom. The lowest BCUT2D eigenvalue weighted by molar-refractivity contribution is -0.0494. The molecule has 0 fully saturated rings. The molecule has 1 unspecified atom stereocenters. The van der Waals surface area contributed by atoms with Gasteiger partial charge >= 0.3 is 6.61 Å². The number of carbonyl (C=O) groups excluding carboxylic acids is 1. The van der Waals surface area contributed by atoms with Gasteiger partial charge in [0, 0.05) is 24.0 Å². The number of hydrogen-bond acceptors (Lipinski definition) is 7. The van der Waals surface area contributed by atoms with Crippen molar-refractivity contribution in [3.8, 4) is 22.8 Å². The summed E-state index contributed by atoms with van der Waals surface area (Å²) < 4.78 is 38.2. The smallest absolute Gasteiger partial charge is 0.387 e. The number of hydrogen-bond donors (Lipinski definition) is 3. The highest BCUT2D eigenvalue weighted by Crippen LogP contribution is 2.42. The third-order valence-electron chi connectivity index (χ3n) is 4.89. The van der Waals surface area contributed by atoms with Crippen molar-refractivity contribution >= 4 is 22.9 Å². The summed E-state index contributed by atoms with van der Waals surface area (Å²) in [4.78, 5) is 17.0. The molecule has 3 N–H and O–H groups in total. The lowest BCUT2D eigenvalue weighted by atomic mass is 10.1. The Morgan fingerprint density at radius 2 is 2.25 bits per heavy atom. The molecule has 0 spiro atoms. The number of anilines is 2. The second kappa shape index (κ2) is 7.80. The molecule has 1 amide bonds. The lowest BCUT2D eigenvalue weighted by Crippen LogP contribution is -2.27. The molecule has 1 aliphatic heterocycles. The molecule has 10 nitrogen and oxygen atoms in total. The molecule has 0 saturated heterocycles. The molecule has 1 aromatic carbocycles. The normalized spacial score (nSPS) is 15.2. The standard InChI is InChI=1S/C20H17F2N7O3/c1-10-7-24-13-6-15(32-20(21)22)11(5-16(13)31-10)17-14(9-25-28-17)27-19(30)12-8-26-29-4-2-3-23-18(12)29/h2-6,8-10,20,24H,7H2,1H3,(H,25,28)(H,27,30). The summed E-state index contributed by atoms with van der Waals surface area (Å²) in [6.45, 7) is -0.633. The van der Waals surface area contributed by atoms with E-state index >= 15 is 0 Å². The number of nitrogens with one attached hydrogen (secondary N) is 3. The van der Waals surface area contributed by atoms with Crippen molar-refractivity contribution in [1.82, 2.24) is 24.8 Å². The summed E-state index contributed by atoms with van der Waals surface area (Å²) in [6, 6.07) is 4.69. The Kier molecular flexibility index (Phi) is 4.81. The van der Waals surface area contributed by atoms with Gasteiger partial charge in [0.2, 0.25) is 0 Å². The fraction of sp³-hybridized carbons (Fsp3) is 0.200. The molecule has 164 valence electrons. The number of halogens is 2. The highest BCUT2D eigenvalue weighted by atomic mass is 19.3. The molecule has 0 bridgehead atoms. The first-order chi connectivity index (χ1) is 15.5. The van der Waals surface area contributed by atoms with Crippen molar-refractivity contribution in [3.63, 3.8) is 0 Å². The SMILES string of the molecule is CC1CNc2cc(OC(F)F)c(-c3[nH]ncc3NC(=O)c3cnn4cccnc34)cc2O1. The van der Waals surface area contributed by atoms with Crippen LogP contribution in [0.1, 0.15) is 17.3 Å². The van der Waals surface area contributed by atoms with Gasteiger partial charge in [-0.05, 0) is 19.1 Å². The molecule has 5 rings (SSSR count). The van der Waals surface area contributed by atoms with Crippen LogP contribution in [0.5, 0.6) is 11.5 Å². The van der Waals surface area contributed by atoms with Crippen LogP contribution < -0.4 is 20.1 Å². The molecule has 3 aromatic heterocycles. The molecule has 4 aromatic rings. The number of carbonyl (C=O) groups is 1. The summed E-state index contributed by atoms with van der Waals surface area (Å²) >= 11 is 0. The highest BCUT2D eigenvalue weighted by Gasteiger charge is 2.24. The number of aromatic nitrogens is 5. The summed E-state index contributed by atoms with van der Waals surface area (Å²) in [6.07, 6.45) is 5.87. The molecular weight excluding hydrogens is 424 g/mol. The van der Waals surface area contributed by atoms with Crippen LogP contribution in [0.3, 0.4) is 0 Å². The molecule has 0 saturated carbocycles. The highest BCUT2D eigenvalue weighted by molar-refractivity contribution is 6.09. The van der Waals surface area contributed by atoms with Gasteiger partial charge < -0.3 is 20.1 Å². The van der Waals surface area contributed by atoms with Crippen molar-refractivity contribution in [2.24, 2.45) is 0 Å². The first-order valence-electron chi connectivity index (χ1n) is 9.66. The fourth-order valence-electron chi connectivity index (χ4n) is 3.46. The van der Waals surface area contributed by atoms with E-state index < -0.39 is 12.5 Å². The number of nitrogens with zero attached hydrogens (tertiary/aromatic N) is 4. The zero-order valence-corrected chi connectivity index (χ0v) is 16.7. The molecule has 4 heterocycles. The average molecular weight is 441 g/mol. The molecule has 1 atom stereocenters. The van der Waals surface area contributed by atoms with Gasteiger partial charge in [0.15, 0.2) is 5.65 Å². The van der Waals surface area contributed by atoms with E-state index in [0.29, 0.717) is 23.6 Å². The van der Waals surface area contributed by atoms with Gasteiger partial charge in [-0.15, -0.1) is 0 Å². The second-order valence-electron chi connectivity index (χ2n) is 7.09. The molecule has 0 radical (unpaired) electrons. The Bertz CT molecular complexity index is 1300. The van der Waals surface area contributed by atoms with E-state index in [-0.39, 0.29) is 34.4 Å². The Balaban J connectivity index is 1.52. The number of amides is 1. The van der Waals surface area contributed by atoms with Gasteiger partial charge in [-0.25, -0.2) is 9.50 Å². The number of ether oxygens (including phenoxy) is 2. The van der Waals surface area contributed by atoms with Crippen LogP contribution in [0, 0.1) is 0 Å². The van der Waals surface area contributed by atoms with Crippen LogP contribution in [0.4, 0.5) is 20.2 Å². The number of rotatable bonds is 5.